The second kappa shape index (κ2) is 17.9. The van der Waals surface area contributed by atoms with E-state index in [1.54, 1.807) is 24.3 Å². The van der Waals surface area contributed by atoms with Crippen LogP contribution in [0.5, 0.6) is 0 Å². The van der Waals surface area contributed by atoms with Gasteiger partial charge in [-0.2, -0.15) is 0 Å². The number of allylic oxidation sites excluding steroid dienone is 6. The molecule has 0 atom stereocenters. The van der Waals surface area contributed by atoms with Gasteiger partial charge in [0.2, 0.25) is 0 Å². The van der Waals surface area contributed by atoms with Crippen LogP contribution in [0.2, 0.25) is 0 Å². The van der Waals surface area contributed by atoms with Crippen LogP contribution < -0.4 is 51.4 Å². The first-order valence-electron chi connectivity index (χ1n) is 4.59. The average Bonchev–Trinajstić information content (AvgIpc) is 2.18. The normalized spacial score (nSPS) is 10.5. The van der Waals surface area contributed by atoms with Gasteiger partial charge in [-0.3, -0.25) is 0 Å². The van der Waals surface area contributed by atoms with Gasteiger partial charge in [-0.1, -0.05) is 36.5 Å². The van der Waals surface area contributed by atoms with Crippen molar-refractivity contribution in [3.63, 3.8) is 0 Å². The van der Waals surface area contributed by atoms with Gasteiger partial charge in [-0.15, -0.1) is 0 Å². The van der Waals surface area contributed by atoms with E-state index in [0.717, 1.165) is 12.2 Å². The Balaban J connectivity index is -0.0000000980. The number of carbonyl (C=O) groups is 2. The molecule has 0 saturated carbocycles. The van der Waals surface area contributed by atoms with Crippen LogP contribution >= 0.6 is 0 Å². The third-order valence-electron chi connectivity index (χ3n) is 1.08. The van der Waals surface area contributed by atoms with Crippen molar-refractivity contribution < 1.29 is 72.6 Å². The fourth-order valence-electron chi connectivity index (χ4n) is 0.498. The zero-order valence-electron chi connectivity index (χ0n) is 11.3. The molecule has 2 N–H and O–H groups in total. The van der Waals surface area contributed by atoms with E-state index >= 15 is 0 Å². The van der Waals surface area contributed by atoms with E-state index < -0.39 is 11.9 Å². The molecule has 0 spiro atoms. The molecule has 90 valence electrons. The van der Waals surface area contributed by atoms with Gasteiger partial charge in [0.25, 0.3) is 0 Å². The molecule has 17 heavy (non-hydrogen) atoms. The maximum Gasteiger partial charge on any atom is 1.00 e. The first kappa shape index (κ1) is 21.8. The van der Waals surface area contributed by atoms with Gasteiger partial charge < -0.3 is 11.6 Å². The summed E-state index contributed by atoms with van der Waals surface area (Å²) in [6.45, 7) is 3.65. The predicted molar refractivity (Wildman–Crippen MR) is 64.3 cm³/mol. The van der Waals surface area contributed by atoms with Crippen molar-refractivity contribution in [2.45, 2.75) is 13.8 Å². The van der Waals surface area contributed by atoms with Gasteiger partial charge in [-0.25, -0.2) is 9.59 Å². The largest absolute Gasteiger partial charge is 1.00 e. The molecule has 0 saturated heterocycles. The Hall–Kier alpha value is -0.464. The molecule has 0 amide bonds. The van der Waals surface area contributed by atoms with E-state index in [1.807, 2.05) is 13.8 Å². The van der Waals surface area contributed by atoms with Crippen LogP contribution in [0.3, 0.4) is 0 Å². The Bertz CT molecular complexity index is 288. The SMILES string of the molecule is C/C=C/C=C/C(=O)O.C/C=C/C=C/C(=O)O.[H-].[K+]. The molecule has 0 unspecified atom stereocenters. The molecule has 0 aromatic heterocycles. The number of rotatable bonds is 4. The molecule has 0 aromatic carbocycles. The second-order valence-electron chi connectivity index (χ2n) is 2.45. The molecule has 0 heterocycles. The minimum absolute atomic E-state index is 0. The van der Waals surface area contributed by atoms with Crippen molar-refractivity contribution in [2.75, 3.05) is 0 Å². The molecule has 0 radical (unpaired) electrons. The molecule has 0 rings (SSSR count). The Morgan fingerprint density at radius 1 is 0.824 bits per heavy atom. The molecule has 4 nitrogen and oxygen atoms in total. The van der Waals surface area contributed by atoms with Gasteiger partial charge in [0.1, 0.15) is 0 Å². The quantitative estimate of drug-likeness (QED) is 0.409. The summed E-state index contributed by atoms with van der Waals surface area (Å²) in [6, 6.07) is 0. The van der Waals surface area contributed by atoms with E-state index in [-0.39, 0.29) is 52.8 Å². The molecule has 0 aliphatic carbocycles. The Morgan fingerprint density at radius 3 is 1.29 bits per heavy atom. The van der Waals surface area contributed by atoms with Crippen molar-refractivity contribution in [3.05, 3.63) is 48.6 Å². The predicted octanol–water partition coefficient (Wildman–Crippen LogP) is -0.477. The standard InChI is InChI=1S/2C6H8O2.K.H/c2*1-2-3-4-5-6(7)8;;/h2*2-5H,1H3,(H,7,8);;/q;;+1;-1/b2*3-2+,5-4+;;. The Labute approximate surface area is 145 Å². The van der Waals surface area contributed by atoms with Crippen LogP contribution in [0, 0.1) is 0 Å². The first-order chi connectivity index (χ1) is 7.54. The van der Waals surface area contributed by atoms with E-state index in [9.17, 15) is 9.59 Å². The number of carboxylic acids is 2. The summed E-state index contributed by atoms with van der Waals surface area (Å²) in [5, 5.41) is 16.0. The monoisotopic (exact) mass is 264 g/mol. The van der Waals surface area contributed by atoms with Gasteiger partial charge in [0, 0.05) is 12.2 Å². The van der Waals surface area contributed by atoms with Crippen LogP contribution in [0.1, 0.15) is 15.3 Å². The number of carboxylic acid groups (broad SMARTS) is 2. The van der Waals surface area contributed by atoms with Crippen LogP contribution in [0.4, 0.5) is 0 Å². The summed E-state index contributed by atoms with van der Waals surface area (Å²) < 4.78 is 0. The summed E-state index contributed by atoms with van der Waals surface area (Å²) in [6.07, 6.45) is 12.0. The minimum Gasteiger partial charge on any atom is -1.00 e. The molecular formula is C12H17KO4. The maximum atomic E-state index is 9.75. The number of hydrogen-bond acceptors (Lipinski definition) is 2. The third-order valence-corrected chi connectivity index (χ3v) is 1.08. The van der Waals surface area contributed by atoms with Crippen LogP contribution in [-0.4, -0.2) is 22.2 Å². The fourth-order valence-corrected chi connectivity index (χ4v) is 0.498. The zero-order valence-corrected chi connectivity index (χ0v) is 13.5. The molecule has 0 fully saturated rings. The maximum absolute atomic E-state index is 9.75. The number of hydrogen-bond donors (Lipinski definition) is 2. The third kappa shape index (κ3) is 31.3. The summed E-state index contributed by atoms with van der Waals surface area (Å²) in [7, 11) is 0. The molecule has 5 heteroatoms. The topological polar surface area (TPSA) is 74.6 Å². The minimum atomic E-state index is -0.914. The summed E-state index contributed by atoms with van der Waals surface area (Å²) in [5.41, 5.74) is 0. The van der Waals surface area contributed by atoms with Crippen molar-refractivity contribution >= 4 is 11.9 Å². The second-order valence-corrected chi connectivity index (χ2v) is 2.45. The van der Waals surface area contributed by atoms with Crippen molar-refractivity contribution in [1.29, 1.82) is 0 Å². The number of aliphatic carboxylic acids is 2. The van der Waals surface area contributed by atoms with Gasteiger partial charge in [0.05, 0.1) is 0 Å². The Kier molecular flexibility index (Phi) is 23.0. The van der Waals surface area contributed by atoms with Crippen molar-refractivity contribution in [1.82, 2.24) is 0 Å². The summed E-state index contributed by atoms with van der Waals surface area (Å²) in [5.74, 6) is -1.83. The fraction of sp³-hybridized carbons (Fsp3) is 0.167. The molecule has 0 aliphatic rings. The van der Waals surface area contributed by atoms with E-state index in [2.05, 4.69) is 0 Å². The van der Waals surface area contributed by atoms with Crippen molar-refractivity contribution in [2.24, 2.45) is 0 Å². The average molecular weight is 264 g/mol. The van der Waals surface area contributed by atoms with Crippen LogP contribution in [0.15, 0.2) is 48.6 Å². The van der Waals surface area contributed by atoms with Crippen molar-refractivity contribution in [3.8, 4) is 0 Å². The van der Waals surface area contributed by atoms with Gasteiger partial charge in [0.15, 0.2) is 0 Å². The summed E-state index contributed by atoms with van der Waals surface area (Å²) >= 11 is 0. The van der Waals surface area contributed by atoms with Gasteiger partial charge >= 0.3 is 63.3 Å². The molecule has 0 bridgehead atoms. The van der Waals surface area contributed by atoms with Crippen LogP contribution in [0.25, 0.3) is 0 Å². The molecule has 0 aromatic rings. The van der Waals surface area contributed by atoms with Crippen LogP contribution in [-0.2, 0) is 9.59 Å². The van der Waals surface area contributed by atoms with E-state index in [1.165, 1.54) is 12.2 Å². The Morgan fingerprint density at radius 2 is 1.12 bits per heavy atom. The molecular weight excluding hydrogens is 247 g/mol. The molecule has 0 aliphatic heterocycles. The smallest absolute Gasteiger partial charge is 1.00 e. The van der Waals surface area contributed by atoms with Gasteiger partial charge in [-0.05, 0) is 13.8 Å². The zero-order chi connectivity index (χ0) is 12.8. The summed E-state index contributed by atoms with van der Waals surface area (Å²) in [4.78, 5) is 19.5. The van der Waals surface area contributed by atoms with E-state index in [4.69, 9.17) is 10.2 Å². The van der Waals surface area contributed by atoms with E-state index in [0.29, 0.717) is 0 Å². The first-order valence-corrected chi connectivity index (χ1v) is 4.59.